The first kappa shape index (κ1) is 35.0. The van der Waals surface area contributed by atoms with Crippen molar-refractivity contribution in [2.24, 2.45) is 11.8 Å². The number of rotatable bonds is 8. The molecule has 2 saturated carbocycles. The van der Waals surface area contributed by atoms with Crippen LogP contribution in [0.25, 0.3) is 33.0 Å². The molecule has 0 aromatic heterocycles. The summed E-state index contributed by atoms with van der Waals surface area (Å²) >= 11 is 0. The summed E-state index contributed by atoms with van der Waals surface area (Å²) in [6.07, 6.45) is 5.57. The van der Waals surface area contributed by atoms with Gasteiger partial charge in [-0.2, -0.15) is 0 Å². The lowest BCUT2D eigenvalue weighted by atomic mass is 9.67. The first-order chi connectivity index (χ1) is 28.6. The Labute approximate surface area is 343 Å². The Kier molecular flexibility index (Phi) is 8.47. The van der Waals surface area contributed by atoms with Crippen LogP contribution < -0.4 is 4.90 Å². The second-order valence-electron chi connectivity index (χ2n) is 17.4. The maximum atomic E-state index is 2.56. The van der Waals surface area contributed by atoms with Crippen LogP contribution in [0.1, 0.15) is 84.7 Å². The monoisotopic (exact) mass is 747 g/mol. The standard InChI is InChI=1S/C57H49N/c1-38(2)48-21-11-12-22-49(48)53-35-41-15-9-10-16-42(41)36-56(53)58(46-29-27-40(28-30-46)52-34-39-25-26-43(52)33-39)47-31-32-51-50-23-13-14-24-54(50)57(55(51)37-47,44-17-5-3-6-18-44)45-19-7-4-8-20-45/h3-24,27-32,35-39,43,52H,25-26,33-34H2,1-2H3. The summed E-state index contributed by atoms with van der Waals surface area (Å²) in [4.78, 5) is 2.56. The van der Waals surface area contributed by atoms with Crippen molar-refractivity contribution in [2.75, 3.05) is 4.90 Å². The van der Waals surface area contributed by atoms with E-state index in [9.17, 15) is 0 Å². The number of benzene rings is 8. The van der Waals surface area contributed by atoms with Gasteiger partial charge in [-0.15, -0.1) is 0 Å². The van der Waals surface area contributed by atoms with Gasteiger partial charge in [0.25, 0.3) is 0 Å². The molecule has 0 amide bonds. The van der Waals surface area contributed by atoms with Gasteiger partial charge in [0.15, 0.2) is 0 Å². The van der Waals surface area contributed by atoms with Crippen molar-refractivity contribution in [1.82, 2.24) is 0 Å². The Morgan fingerprint density at radius 3 is 1.76 bits per heavy atom. The largest absolute Gasteiger partial charge is 0.310 e. The van der Waals surface area contributed by atoms with Gasteiger partial charge in [0.2, 0.25) is 0 Å². The van der Waals surface area contributed by atoms with E-state index in [-0.39, 0.29) is 0 Å². The van der Waals surface area contributed by atoms with Gasteiger partial charge in [0, 0.05) is 16.9 Å². The molecular formula is C57H49N. The van der Waals surface area contributed by atoms with Crippen LogP contribution >= 0.6 is 0 Å². The molecule has 3 aliphatic carbocycles. The fourth-order valence-corrected chi connectivity index (χ4v) is 11.4. The molecule has 1 nitrogen and oxygen atoms in total. The SMILES string of the molecule is CC(C)c1ccccc1-c1cc2ccccc2cc1N(c1ccc(C2CC3CCC2C3)cc1)c1ccc2c(c1)C(c1ccccc1)(c1ccccc1)c1ccccc1-2. The summed E-state index contributed by atoms with van der Waals surface area (Å²) in [6.45, 7) is 4.63. The van der Waals surface area contributed by atoms with Crippen molar-refractivity contribution in [1.29, 1.82) is 0 Å². The van der Waals surface area contributed by atoms with E-state index in [0.29, 0.717) is 11.8 Å². The molecule has 0 aliphatic heterocycles. The smallest absolute Gasteiger partial charge is 0.0714 e. The second-order valence-corrected chi connectivity index (χ2v) is 17.4. The quantitative estimate of drug-likeness (QED) is 0.150. The van der Waals surface area contributed by atoms with Crippen LogP contribution in [0.2, 0.25) is 0 Å². The highest BCUT2D eigenvalue weighted by molar-refractivity contribution is 5.99. The Bertz CT molecular complexity index is 2740. The predicted octanol–water partition coefficient (Wildman–Crippen LogP) is 15.4. The van der Waals surface area contributed by atoms with Gasteiger partial charge in [0.05, 0.1) is 11.1 Å². The lowest BCUT2D eigenvalue weighted by Gasteiger charge is -2.35. The van der Waals surface area contributed by atoms with Crippen LogP contribution in [-0.2, 0) is 5.41 Å². The molecule has 282 valence electrons. The summed E-state index contributed by atoms with van der Waals surface area (Å²) in [5.41, 5.74) is 16.3. The first-order valence-corrected chi connectivity index (χ1v) is 21.5. The molecule has 2 fully saturated rings. The average molecular weight is 748 g/mol. The van der Waals surface area contributed by atoms with Crippen molar-refractivity contribution in [3.63, 3.8) is 0 Å². The minimum Gasteiger partial charge on any atom is -0.310 e. The van der Waals surface area contributed by atoms with E-state index in [0.717, 1.165) is 17.5 Å². The molecule has 58 heavy (non-hydrogen) atoms. The number of nitrogens with zero attached hydrogens (tertiary/aromatic N) is 1. The molecule has 3 aliphatic rings. The molecule has 0 spiro atoms. The average Bonchev–Trinajstić information content (AvgIpc) is 4.00. The third kappa shape index (κ3) is 5.51. The predicted molar refractivity (Wildman–Crippen MR) is 244 cm³/mol. The van der Waals surface area contributed by atoms with Gasteiger partial charge in [-0.25, -0.2) is 0 Å². The van der Waals surface area contributed by atoms with Gasteiger partial charge in [-0.3, -0.25) is 0 Å². The molecule has 3 atom stereocenters. The molecule has 11 rings (SSSR count). The van der Waals surface area contributed by atoms with Crippen LogP contribution in [0.15, 0.2) is 188 Å². The molecule has 1 heteroatoms. The normalized spacial score (nSPS) is 18.7. The van der Waals surface area contributed by atoms with Crippen LogP contribution in [0.4, 0.5) is 17.1 Å². The van der Waals surface area contributed by atoms with Gasteiger partial charge in [-0.1, -0.05) is 172 Å². The van der Waals surface area contributed by atoms with E-state index in [4.69, 9.17) is 0 Å². The fourth-order valence-electron chi connectivity index (χ4n) is 11.4. The Hall–Kier alpha value is -6.18. The van der Waals surface area contributed by atoms with E-state index in [1.54, 1.807) is 0 Å². The van der Waals surface area contributed by atoms with E-state index >= 15 is 0 Å². The maximum absolute atomic E-state index is 2.56. The Balaban J connectivity index is 1.19. The van der Waals surface area contributed by atoms with Crippen LogP contribution in [0.3, 0.4) is 0 Å². The van der Waals surface area contributed by atoms with Crippen molar-refractivity contribution in [2.45, 2.75) is 56.8 Å². The van der Waals surface area contributed by atoms with Crippen LogP contribution in [-0.4, -0.2) is 0 Å². The molecule has 0 saturated heterocycles. The van der Waals surface area contributed by atoms with Crippen molar-refractivity contribution in [3.05, 3.63) is 221 Å². The van der Waals surface area contributed by atoms with Gasteiger partial charge < -0.3 is 4.90 Å². The number of fused-ring (bicyclic) bond motifs is 6. The maximum Gasteiger partial charge on any atom is 0.0714 e. The molecule has 0 N–H and O–H groups in total. The second kappa shape index (κ2) is 14.0. The molecule has 8 aromatic rings. The molecule has 3 unspecified atom stereocenters. The third-order valence-corrected chi connectivity index (χ3v) is 14.0. The molecule has 2 bridgehead atoms. The van der Waals surface area contributed by atoms with E-state index < -0.39 is 5.41 Å². The first-order valence-electron chi connectivity index (χ1n) is 21.5. The molecule has 8 aromatic carbocycles. The minimum atomic E-state index is -0.488. The summed E-state index contributed by atoms with van der Waals surface area (Å²) in [6, 6.07) is 71.2. The van der Waals surface area contributed by atoms with Crippen LogP contribution in [0.5, 0.6) is 0 Å². The highest BCUT2D eigenvalue weighted by Crippen LogP contribution is 2.58. The highest BCUT2D eigenvalue weighted by atomic mass is 15.1. The van der Waals surface area contributed by atoms with Crippen molar-refractivity contribution >= 4 is 27.8 Å². The number of hydrogen-bond acceptors (Lipinski definition) is 1. The van der Waals surface area contributed by atoms with Gasteiger partial charge in [0.1, 0.15) is 0 Å². The zero-order valence-corrected chi connectivity index (χ0v) is 33.5. The van der Waals surface area contributed by atoms with Gasteiger partial charge >= 0.3 is 0 Å². The summed E-state index contributed by atoms with van der Waals surface area (Å²) < 4.78 is 0. The topological polar surface area (TPSA) is 3.24 Å². The molecule has 0 heterocycles. The van der Waals surface area contributed by atoms with Crippen molar-refractivity contribution < 1.29 is 0 Å². The highest BCUT2D eigenvalue weighted by Gasteiger charge is 2.46. The van der Waals surface area contributed by atoms with Crippen molar-refractivity contribution in [3.8, 4) is 22.3 Å². The zero-order valence-electron chi connectivity index (χ0n) is 33.5. The number of hydrogen-bond donors (Lipinski definition) is 0. The zero-order chi connectivity index (χ0) is 38.8. The van der Waals surface area contributed by atoms with E-state index in [1.165, 1.54) is 103 Å². The third-order valence-electron chi connectivity index (χ3n) is 14.0. The fraction of sp³-hybridized carbons (Fsp3) is 0.193. The van der Waals surface area contributed by atoms with Gasteiger partial charge in [-0.05, 0) is 140 Å². The summed E-state index contributed by atoms with van der Waals surface area (Å²) in [5, 5.41) is 2.49. The van der Waals surface area contributed by atoms with E-state index in [2.05, 4.69) is 207 Å². The van der Waals surface area contributed by atoms with Crippen LogP contribution in [0, 0.1) is 11.8 Å². The van der Waals surface area contributed by atoms with E-state index in [1.807, 2.05) is 0 Å². The summed E-state index contributed by atoms with van der Waals surface area (Å²) in [5.74, 6) is 2.82. The Morgan fingerprint density at radius 2 is 1.09 bits per heavy atom. The number of anilines is 3. The molecular weight excluding hydrogens is 699 g/mol. The summed E-state index contributed by atoms with van der Waals surface area (Å²) in [7, 11) is 0. The molecule has 0 radical (unpaired) electrons. The lowest BCUT2D eigenvalue weighted by Crippen LogP contribution is -2.28. The lowest BCUT2D eigenvalue weighted by molar-refractivity contribution is 0.420. The Morgan fingerprint density at radius 1 is 0.483 bits per heavy atom. The minimum absolute atomic E-state index is 0.376.